The molecule has 1 aromatic rings. The van der Waals surface area contributed by atoms with Crippen LogP contribution in [-0.2, 0) is 5.54 Å². The molecule has 0 saturated heterocycles. The van der Waals surface area contributed by atoms with Crippen molar-refractivity contribution in [3.8, 4) is 0 Å². The van der Waals surface area contributed by atoms with Gasteiger partial charge >= 0.3 is 0 Å². The molecule has 0 radical (unpaired) electrons. The van der Waals surface area contributed by atoms with E-state index >= 15 is 0 Å². The highest BCUT2D eigenvalue weighted by atomic mass is 15.6. The second-order valence-electron chi connectivity index (χ2n) is 10.0. The maximum Gasteiger partial charge on any atom is 0.168 e. The first-order valence-electron chi connectivity index (χ1n) is 10.4. The maximum atomic E-state index is 5.89. The van der Waals surface area contributed by atoms with Crippen LogP contribution in [0.4, 0.5) is 0 Å². The van der Waals surface area contributed by atoms with Gasteiger partial charge in [-0.1, -0.05) is 34.1 Å². The van der Waals surface area contributed by atoms with E-state index in [4.69, 9.17) is 5.73 Å². The second kappa shape index (κ2) is 8.79. The molecule has 1 aromatic heterocycles. The zero-order valence-corrected chi connectivity index (χ0v) is 17.8. The molecule has 3 unspecified atom stereocenters. The minimum atomic E-state index is -0.109. The van der Waals surface area contributed by atoms with Gasteiger partial charge in [0.05, 0.1) is 11.6 Å². The third-order valence-electron chi connectivity index (χ3n) is 5.63. The molecule has 0 spiro atoms. The van der Waals surface area contributed by atoms with Crippen LogP contribution in [0, 0.1) is 17.3 Å². The lowest BCUT2D eigenvalue weighted by Crippen LogP contribution is -2.37. The van der Waals surface area contributed by atoms with Gasteiger partial charge in [0.15, 0.2) is 5.82 Å². The average molecular weight is 365 g/mol. The Hall–Kier alpha value is -1.01. The van der Waals surface area contributed by atoms with Gasteiger partial charge in [-0.15, -0.1) is 5.10 Å². The van der Waals surface area contributed by atoms with Crippen LogP contribution in [0.15, 0.2) is 0 Å². The van der Waals surface area contributed by atoms with E-state index in [1.54, 1.807) is 0 Å². The number of hydrogen-bond acceptors (Lipinski definition) is 5. The molecule has 6 nitrogen and oxygen atoms in total. The lowest BCUT2D eigenvalue weighted by Gasteiger charge is -2.34. The largest absolute Gasteiger partial charge is 0.330 e. The smallest absolute Gasteiger partial charge is 0.168 e. The summed E-state index contributed by atoms with van der Waals surface area (Å²) in [6.45, 7) is 15.3. The molecule has 0 aromatic carbocycles. The third-order valence-corrected chi connectivity index (χ3v) is 5.63. The van der Waals surface area contributed by atoms with Gasteiger partial charge in [0.2, 0.25) is 0 Å². The van der Waals surface area contributed by atoms with Gasteiger partial charge in [0.1, 0.15) is 0 Å². The Labute approximate surface area is 159 Å². The van der Waals surface area contributed by atoms with Crippen LogP contribution in [0.2, 0.25) is 0 Å². The fourth-order valence-electron chi connectivity index (χ4n) is 4.74. The van der Waals surface area contributed by atoms with Crippen LogP contribution < -0.4 is 11.1 Å². The van der Waals surface area contributed by atoms with Crippen molar-refractivity contribution < 1.29 is 0 Å². The summed E-state index contributed by atoms with van der Waals surface area (Å²) < 4.78 is 2.04. The first kappa shape index (κ1) is 21.3. The number of nitrogens with zero attached hydrogens (tertiary/aromatic N) is 4. The van der Waals surface area contributed by atoms with Crippen molar-refractivity contribution in [1.29, 1.82) is 0 Å². The van der Waals surface area contributed by atoms with E-state index in [2.05, 4.69) is 62.4 Å². The quantitative estimate of drug-likeness (QED) is 0.736. The summed E-state index contributed by atoms with van der Waals surface area (Å²) in [5.41, 5.74) is 6.01. The Bertz CT molecular complexity index is 545. The van der Waals surface area contributed by atoms with Gasteiger partial charge in [0.25, 0.3) is 0 Å². The van der Waals surface area contributed by atoms with Crippen molar-refractivity contribution in [2.75, 3.05) is 13.1 Å². The molecule has 6 heteroatoms. The number of nitrogens with two attached hydrogens (primary N) is 1. The lowest BCUT2D eigenvalue weighted by atomic mass is 9.81. The number of nitrogens with one attached hydrogen (secondary N) is 1. The molecule has 26 heavy (non-hydrogen) atoms. The maximum absolute atomic E-state index is 5.89. The predicted octanol–water partition coefficient (Wildman–Crippen LogP) is 3.65. The zero-order valence-electron chi connectivity index (χ0n) is 17.8. The lowest BCUT2D eigenvalue weighted by molar-refractivity contribution is 0.184. The van der Waals surface area contributed by atoms with Crippen molar-refractivity contribution >= 4 is 0 Å². The Kier molecular flexibility index (Phi) is 7.19. The number of tetrazole rings is 1. The number of rotatable bonds is 8. The first-order valence-corrected chi connectivity index (χ1v) is 10.4. The van der Waals surface area contributed by atoms with E-state index in [-0.39, 0.29) is 17.0 Å². The van der Waals surface area contributed by atoms with Crippen LogP contribution in [0.25, 0.3) is 0 Å². The normalized spacial score (nSPS) is 23.2. The van der Waals surface area contributed by atoms with E-state index in [1.165, 1.54) is 25.7 Å². The highest BCUT2D eigenvalue weighted by Crippen LogP contribution is 2.33. The van der Waals surface area contributed by atoms with E-state index in [0.717, 1.165) is 37.7 Å². The van der Waals surface area contributed by atoms with Gasteiger partial charge in [-0.3, -0.25) is 0 Å². The van der Waals surface area contributed by atoms with Crippen molar-refractivity contribution in [2.24, 2.45) is 23.0 Å². The molecule has 1 heterocycles. The predicted molar refractivity (Wildman–Crippen MR) is 107 cm³/mol. The van der Waals surface area contributed by atoms with Crippen LogP contribution in [0.5, 0.6) is 0 Å². The highest BCUT2D eigenvalue weighted by Gasteiger charge is 2.32. The molecule has 1 aliphatic carbocycles. The van der Waals surface area contributed by atoms with Gasteiger partial charge in [-0.25, -0.2) is 4.68 Å². The van der Waals surface area contributed by atoms with Crippen molar-refractivity contribution in [2.45, 2.75) is 91.6 Å². The molecule has 0 bridgehead atoms. The molecule has 3 atom stereocenters. The second-order valence-corrected chi connectivity index (χ2v) is 10.0. The molecule has 3 N–H and O–H groups in total. The van der Waals surface area contributed by atoms with Crippen molar-refractivity contribution in [1.82, 2.24) is 25.5 Å². The van der Waals surface area contributed by atoms with Gasteiger partial charge in [0, 0.05) is 0 Å². The summed E-state index contributed by atoms with van der Waals surface area (Å²) in [6, 6.07) is 0.197. The molecule has 1 fully saturated rings. The van der Waals surface area contributed by atoms with E-state index < -0.39 is 0 Å². The highest BCUT2D eigenvalue weighted by molar-refractivity contribution is 4.97. The van der Waals surface area contributed by atoms with Crippen LogP contribution in [0.3, 0.4) is 0 Å². The van der Waals surface area contributed by atoms with Crippen LogP contribution in [-0.4, -0.2) is 33.3 Å². The Morgan fingerprint density at radius 3 is 2.50 bits per heavy atom. The van der Waals surface area contributed by atoms with Gasteiger partial charge in [-0.2, -0.15) is 0 Å². The summed E-state index contributed by atoms with van der Waals surface area (Å²) >= 11 is 0. The minimum Gasteiger partial charge on any atom is -0.330 e. The zero-order chi connectivity index (χ0) is 19.4. The third kappa shape index (κ3) is 5.74. The first-order chi connectivity index (χ1) is 12.2. The van der Waals surface area contributed by atoms with Gasteiger partial charge in [-0.05, 0) is 86.7 Å². The summed E-state index contributed by atoms with van der Waals surface area (Å²) in [5.74, 6) is 2.39. The van der Waals surface area contributed by atoms with Crippen molar-refractivity contribution in [3.63, 3.8) is 0 Å². The summed E-state index contributed by atoms with van der Waals surface area (Å²) in [7, 11) is 0. The van der Waals surface area contributed by atoms with Crippen LogP contribution >= 0.6 is 0 Å². The fraction of sp³-hybridized carbons (Fsp3) is 0.950. The van der Waals surface area contributed by atoms with E-state index in [0.29, 0.717) is 5.92 Å². The van der Waals surface area contributed by atoms with Crippen LogP contribution in [0.1, 0.15) is 91.9 Å². The molecule has 1 saturated carbocycles. The number of aromatic nitrogens is 4. The van der Waals surface area contributed by atoms with Gasteiger partial charge < -0.3 is 11.1 Å². The van der Waals surface area contributed by atoms with E-state index in [1.807, 2.05) is 4.68 Å². The summed E-state index contributed by atoms with van der Waals surface area (Å²) in [5, 5.41) is 16.5. The molecule has 0 aliphatic heterocycles. The minimum absolute atomic E-state index is 0.109. The molecule has 150 valence electrons. The number of hydrogen-bond donors (Lipinski definition) is 2. The fourth-order valence-corrected chi connectivity index (χ4v) is 4.74. The molecular weight excluding hydrogens is 324 g/mol. The average Bonchev–Trinajstić information content (AvgIpc) is 3.04. The van der Waals surface area contributed by atoms with E-state index in [9.17, 15) is 0 Å². The SMILES string of the molecule is CCC(NCC1CCCC(CN)C1)c1nnnn1C(C)(C)CC(C)(C)C. The molecule has 0 amide bonds. The molecular formula is C20H40N6. The Morgan fingerprint density at radius 2 is 1.88 bits per heavy atom. The molecule has 2 rings (SSSR count). The Morgan fingerprint density at radius 1 is 1.19 bits per heavy atom. The standard InChI is InChI=1S/C20H40N6/c1-7-17(22-13-16-10-8-9-15(11-16)12-21)18-23-24-25-26(18)20(5,6)14-19(2,3)4/h15-17,22H,7-14,21H2,1-6H3. The topological polar surface area (TPSA) is 81.7 Å². The summed E-state index contributed by atoms with van der Waals surface area (Å²) in [4.78, 5) is 0. The molecule has 1 aliphatic rings. The monoisotopic (exact) mass is 364 g/mol. The summed E-state index contributed by atoms with van der Waals surface area (Å²) in [6.07, 6.45) is 7.17. The van der Waals surface area contributed by atoms with Crippen molar-refractivity contribution in [3.05, 3.63) is 5.82 Å². The Balaban J connectivity index is 2.05.